The molecule has 0 saturated heterocycles. The van der Waals surface area contributed by atoms with Crippen LogP contribution >= 0.6 is 0 Å². The molecule has 3 N–H and O–H groups in total. The van der Waals surface area contributed by atoms with Crippen molar-refractivity contribution in [1.82, 2.24) is 10.3 Å². The molecule has 146 valence electrons. The van der Waals surface area contributed by atoms with Gasteiger partial charge in [-0.2, -0.15) is 0 Å². The molecular weight excluding hydrogens is 342 g/mol. The molecule has 1 aromatic carbocycles. The maximum atomic E-state index is 12.2. The number of nitrogens with two attached hydrogens (primary N) is 1. The van der Waals surface area contributed by atoms with Crippen molar-refractivity contribution in [3.05, 3.63) is 48.2 Å². The van der Waals surface area contributed by atoms with E-state index in [0.29, 0.717) is 24.8 Å². The number of amides is 1. The molecule has 1 heterocycles. The van der Waals surface area contributed by atoms with Gasteiger partial charge >= 0.3 is 0 Å². The fourth-order valence-electron chi connectivity index (χ4n) is 2.27. The largest absolute Gasteiger partial charge is 0.494 e. The molecule has 0 aliphatic rings. The van der Waals surface area contributed by atoms with Gasteiger partial charge in [0.2, 0.25) is 11.8 Å². The number of ether oxygens (including phenoxy) is 2. The predicted molar refractivity (Wildman–Crippen MR) is 106 cm³/mol. The van der Waals surface area contributed by atoms with Crippen molar-refractivity contribution in [2.24, 2.45) is 11.1 Å². The van der Waals surface area contributed by atoms with Gasteiger partial charge in [-0.15, -0.1) is 0 Å². The van der Waals surface area contributed by atoms with Crippen LogP contribution in [0.4, 0.5) is 0 Å². The number of hydrogen-bond donors (Lipinski definition) is 2. The zero-order chi connectivity index (χ0) is 19.9. The van der Waals surface area contributed by atoms with E-state index in [1.54, 1.807) is 12.3 Å². The predicted octanol–water partition coefficient (Wildman–Crippen LogP) is 3.65. The third kappa shape index (κ3) is 6.25. The molecule has 0 unspecified atom stereocenters. The maximum absolute atomic E-state index is 12.2. The molecule has 6 nitrogen and oxygen atoms in total. The summed E-state index contributed by atoms with van der Waals surface area (Å²) in [6.45, 7) is 8.84. The zero-order valence-corrected chi connectivity index (χ0v) is 16.5. The van der Waals surface area contributed by atoms with Crippen LogP contribution in [0.3, 0.4) is 0 Å². The summed E-state index contributed by atoms with van der Waals surface area (Å²) in [5.41, 5.74) is 6.47. The summed E-state index contributed by atoms with van der Waals surface area (Å²) in [4.78, 5) is 16.5. The summed E-state index contributed by atoms with van der Waals surface area (Å²) in [5.74, 6) is 1.70. The molecule has 1 atom stereocenters. The third-order valence-electron chi connectivity index (χ3n) is 4.03. The first-order chi connectivity index (χ1) is 12.8. The summed E-state index contributed by atoms with van der Waals surface area (Å²) in [5, 5.41) is 2.86. The minimum atomic E-state index is -0.589. The highest BCUT2D eigenvalue weighted by molar-refractivity contribution is 5.82. The molecule has 6 heteroatoms. The first-order valence-electron chi connectivity index (χ1n) is 9.19. The molecule has 0 saturated carbocycles. The minimum absolute atomic E-state index is 0.199. The van der Waals surface area contributed by atoms with Crippen molar-refractivity contribution in [2.45, 2.75) is 46.7 Å². The Morgan fingerprint density at radius 1 is 1.19 bits per heavy atom. The van der Waals surface area contributed by atoms with E-state index in [2.05, 4.69) is 17.2 Å². The van der Waals surface area contributed by atoms with Crippen LogP contribution in [0.1, 0.15) is 39.7 Å². The molecule has 1 aromatic heterocycles. The van der Waals surface area contributed by atoms with Gasteiger partial charge < -0.3 is 20.5 Å². The maximum Gasteiger partial charge on any atom is 0.237 e. The lowest BCUT2D eigenvalue weighted by atomic mass is 9.87. The van der Waals surface area contributed by atoms with Gasteiger partial charge in [-0.25, -0.2) is 4.98 Å². The number of nitrogens with zero attached hydrogens (tertiary/aromatic N) is 1. The summed E-state index contributed by atoms with van der Waals surface area (Å²) in [7, 11) is 0. The lowest BCUT2D eigenvalue weighted by Crippen LogP contribution is -2.48. The molecule has 0 bridgehead atoms. The number of aromatic nitrogens is 1. The van der Waals surface area contributed by atoms with Crippen molar-refractivity contribution in [3.63, 3.8) is 0 Å². The van der Waals surface area contributed by atoms with Crippen molar-refractivity contribution in [2.75, 3.05) is 6.61 Å². The highest BCUT2D eigenvalue weighted by atomic mass is 16.5. The van der Waals surface area contributed by atoms with Gasteiger partial charge in [0.1, 0.15) is 11.5 Å². The van der Waals surface area contributed by atoms with Crippen LogP contribution in [0.25, 0.3) is 0 Å². The second-order valence-corrected chi connectivity index (χ2v) is 7.45. The van der Waals surface area contributed by atoms with Crippen LogP contribution in [-0.2, 0) is 11.3 Å². The van der Waals surface area contributed by atoms with Gasteiger partial charge in [0.05, 0.1) is 12.6 Å². The molecule has 2 aromatic rings. The van der Waals surface area contributed by atoms with E-state index < -0.39 is 6.04 Å². The fourth-order valence-corrected chi connectivity index (χ4v) is 2.27. The van der Waals surface area contributed by atoms with Crippen LogP contribution in [0.5, 0.6) is 17.4 Å². The molecule has 0 spiro atoms. The number of hydrogen-bond acceptors (Lipinski definition) is 5. The first kappa shape index (κ1) is 20.7. The SMILES string of the molecule is CCCOc1ccc(Oc2ncccc2CNC(=O)[C@@H](N)C(C)(C)C)cc1. The molecule has 0 aliphatic carbocycles. The van der Waals surface area contributed by atoms with Crippen molar-refractivity contribution in [1.29, 1.82) is 0 Å². The summed E-state index contributed by atoms with van der Waals surface area (Å²) >= 11 is 0. The minimum Gasteiger partial charge on any atom is -0.494 e. The Hall–Kier alpha value is -2.60. The van der Waals surface area contributed by atoms with E-state index in [1.807, 2.05) is 51.1 Å². The Balaban J connectivity index is 2.02. The highest BCUT2D eigenvalue weighted by Crippen LogP contribution is 2.25. The van der Waals surface area contributed by atoms with Crippen molar-refractivity contribution >= 4 is 5.91 Å². The molecule has 0 aliphatic heterocycles. The average molecular weight is 371 g/mol. The lowest BCUT2D eigenvalue weighted by molar-refractivity contribution is -0.124. The zero-order valence-electron chi connectivity index (χ0n) is 16.5. The van der Waals surface area contributed by atoms with E-state index in [1.165, 1.54) is 0 Å². The quantitative estimate of drug-likeness (QED) is 0.740. The van der Waals surface area contributed by atoms with E-state index in [9.17, 15) is 4.79 Å². The monoisotopic (exact) mass is 371 g/mol. The molecule has 1 amide bonds. The van der Waals surface area contributed by atoms with Crippen molar-refractivity contribution in [3.8, 4) is 17.4 Å². The van der Waals surface area contributed by atoms with Crippen LogP contribution in [0.2, 0.25) is 0 Å². The van der Waals surface area contributed by atoms with Gasteiger partial charge in [0, 0.05) is 18.3 Å². The smallest absolute Gasteiger partial charge is 0.237 e. The van der Waals surface area contributed by atoms with Gasteiger partial charge in [-0.05, 0) is 42.2 Å². The molecule has 2 rings (SSSR count). The Kier molecular flexibility index (Phi) is 7.19. The molecule has 0 radical (unpaired) electrons. The average Bonchev–Trinajstić information content (AvgIpc) is 2.65. The number of nitrogens with one attached hydrogen (secondary N) is 1. The summed E-state index contributed by atoms with van der Waals surface area (Å²) in [6, 6.07) is 10.5. The van der Waals surface area contributed by atoms with Gasteiger partial charge in [0.15, 0.2) is 0 Å². The second-order valence-electron chi connectivity index (χ2n) is 7.45. The van der Waals surface area contributed by atoms with E-state index in [0.717, 1.165) is 17.7 Å². The fraction of sp³-hybridized carbons (Fsp3) is 0.429. The highest BCUT2D eigenvalue weighted by Gasteiger charge is 2.27. The van der Waals surface area contributed by atoms with Crippen LogP contribution in [0, 0.1) is 5.41 Å². The Morgan fingerprint density at radius 3 is 2.48 bits per heavy atom. The Bertz CT molecular complexity index is 739. The second kappa shape index (κ2) is 9.37. The summed E-state index contributed by atoms with van der Waals surface area (Å²) in [6.07, 6.45) is 2.61. The van der Waals surface area contributed by atoms with Crippen LogP contribution in [-0.4, -0.2) is 23.5 Å². The molecule has 0 fully saturated rings. The third-order valence-corrected chi connectivity index (χ3v) is 4.03. The standard InChI is InChI=1S/C21H29N3O3/c1-5-13-26-16-8-10-17(11-9-16)27-20-15(7-6-12-23-20)14-24-19(25)18(22)21(2,3)4/h6-12,18H,5,13-14,22H2,1-4H3,(H,24,25)/t18-/m1/s1. The number of pyridine rings is 1. The topological polar surface area (TPSA) is 86.5 Å². The Labute approximate surface area is 161 Å². The Morgan fingerprint density at radius 2 is 1.85 bits per heavy atom. The normalized spacial score (nSPS) is 12.3. The van der Waals surface area contributed by atoms with E-state index in [4.69, 9.17) is 15.2 Å². The number of carbonyl (C=O) groups excluding carboxylic acids is 1. The first-order valence-corrected chi connectivity index (χ1v) is 9.19. The number of rotatable bonds is 8. The van der Waals surface area contributed by atoms with E-state index in [-0.39, 0.29) is 11.3 Å². The van der Waals surface area contributed by atoms with Crippen LogP contribution in [0.15, 0.2) is 42.6 Å². The van der Waals surface area contributed by atoms with Crippen LogP contribution < -0.4 is 20.5 Å². The number of benzene rings is 1. The number of carbonyl (C=O) groups is 1. The van der Waals surface area contributed by atoms with Gasteiger partial charge in [-0.3, -0.25) is 4.79 Å². The molecular formula is C21H29N3O3. The van der Waals surface area contributed by atoms with Crippen molar-refractivity contribution < 1.29 is 14.3 Å². The molecule has 27 heavy (non-hydrogen) atoms. The summed E-state index contributed by atoms with van der Waals surface area (Å²) < 4.78 is 11.4. The van der Waals surface area contributed by atoms with Gasteiger partial charge in [-0.1, -0.05) is 33.8 Å². The lowest BCUT2D eigenvalue weighted by Gasteiger charge is -2.25. The van der Waals surface area contributed by atoms with E-state index >= 15 is 0 Å². The van der Waals surface area contributed by atoms with Gasteiger partial charge in [0.25, 0.3) is 0 Å².